The van der Waals surface area contributed by atoms with Gasteiger partial charge >= 0.3 is 0 Å². The molecule has 0 aliphatic carbocycles. The number of rotatable bonds is 7. The quantitative estimate of drug-likeness (QED) is 0.765. The maximum atomic E-state index is 13.1. The Morgan fingerprint density at radius 3 is 2.38 bits per heavy atom. The summed E-state index contributed by atoms with van der Waals surface area (Å²) in [7, 11) is 4.56. The average Bonchev–Trinajstić information content (AvgIpc) is 2.73. The van der Waals surface area contributed by atoms with Gasteiger partial charge in [-0.05, 0) is 17.7 Å². The van der Waals surface area contributed by atoms with Crippen molar-refractivity contribution in [3.8, 4) is 17.2 Å². The van der Waals surface area contributed by atoms with Crippen LogP contribution < -0.4 is 19.5 Å². The van der Waals surface area contributed by atoms with Crippen molar-refractivity contribution in [2.75, 3.05) is 52.9 Å². The SMILES string of the molecule is COc1cc(NC(=O)CN2CCO[C@@H](c3ccc(F)cc3)C2)cc(OC)c1OC. The molecule has 0 aromatic heterocycles. The summed E-state index contributed by atoms with van der Waals surface area (Å²) in [5.41, 5.74) is 1.44. The van der Waals surface area contributed by atoms with Crippen LogP contribution in [0.15, 0.2) is 36.4 Å². The fourth-order valence-electron chi connectivity index (χ4n) is 3.28. The van der Waals surface area contributed by atoms with Crippen LogP contribution in [0.2, 0.25) is 0 Å². The molecule has 7 nitrogen and oxygen atoms in total. The first-order chi connectivity index (χ1) is 14.0. The Bertz CT molecular complexity index is 818. The van der Waals surface area contributed by atoms with Gasteiger partial charge in [-0.25, -0.2) is 4.39 Å². The molecule has 1 aliphatic rings. The number of carbonyl (C=O) groups is 1. The molecule has 0 bridgehead atoms. The van der Waals surface area contributed by atoms with Crippen LogP contribution in [-0.2, 0) is 9.53 Å². The Kier molecular flexibility index (Phi) is 6.90. The first kappa shape index (κ1) is 20.9. The van der Waals surface area contributed by atoms with Gasteiger partial charge in [0.15, 0.2) is 11.5 Å². The lowest BCUT2D eigenvalue weighted by Gasteiger charge is -2.32. The summed E-state index contributed by atoms with van der Waals surface area (Å²) in [6.45, 7) is 1.89. The van der Waals surface area contributed by atoms with Gasteiger partial charge in [0, 0.05) is 30.9 Å². The molecule has 156 valence electrons. The molecule has 1 heterocycles. The third-order valence-corrected chi connectivity index (χ3v) is 4.71. The highest BCUT2D eigenvalue weighted by Gasteiger charge is 2.24. The molecule has 2 aromatic rings. The highest BCUT2D eigenvalue weighted by Crippen LogP contribution is 2.39. The molecule has 0 radical (unpaired) electrons. The van der Waals surface area contributed by atoms with Crippen molar-refractivity contribution < 1.29 is 28.1 Å². The van der Waals surface area contributed by atoms with Gasteiger partial charge in [0.2, 0.25) is 11.7 Å². The van der Waals surface area contributed by atoms with Gasteiger partial charge in [0.25, 0.3) is 0 Å². The molecule has 1 aliphatic heterocycles. The van der Waals surface area contributed by atoms with Crippen LogP contribution in [0.25, 0.3) is 0 Å². The highest BCUT2D eigenvalue weighted by atomic mass is 19.1. The molecule has 29 heavy (non-hydrogen) atoms. The number of morpholine rings is 1. The monoisotopic (exact) mass is 404 g/mol. The first-order valence-corrected chi connectivity index (χ1v) is 9.23. The second kappa shape index (κ2) is 9.58. The van der Waals surface area contributed by atoms with Crippen molar-refractivity contribution in [2.24, 2.45) is 0 Å². The summed E-state index contributed by atoms with van der Waals surface area (Å²) in [6.07, 6.45) is -0.196. The Hall–Kier alpha value is -2.84. The largest absolute Gasteiger partial charge is 0.493 e. The first-order valence-electron chi connectivity index (χ1n) is 9.23. The molecule has 1 saturated heterocycles. The molecule has 1 fully saturated rings. The summed E-state index contributed by atoms with van der Waals surface area (Å²) < 4.78 is 34.8. The Morgan fingerprint density at radius 1 is 1.14 bits per heavy atom. The van der Waals surface area contributed by atoms with Gasteiger partial charge in [-0.2, -0.15) is 0 Å². The van der Waals surface area contributed by atoms with E-state index >= 15 is 0 Å². The highest BCUT2D eigenvalue weighted by molar-refractivity contribution is 5.93. The number of halogens is 1. The number of carbonyl (C=O) groups excluding carboxylic acids is 1. The predicted octanol–water partition coefficient (Wildman–Crippen LogP) is 2.86. The van der Waals surface area contributed by atoms with E-state index in [0.29, 0.717) is 42.6 Å². The Balaban J connectivity index is 1.63. The number of ether oxygens (including phenoxy) is 4. The molecule has 0 unspecified atom stereocenters. The molecule has 0 spiro atoms. The fourth-order valence-corrected chi connectivity index (χ4v) is 3.28. The minimum atomic E-state index is -0.286. The second-order valence-corrected chi connectivity index (χ2v) is 6.61. The molecule has 0 saturated carbocycles. The number of methoxy groups -OCH3 is 3. The predicted molar refractivity (Wildman–Crippen MR) is 106 cm³/mol. The number of nitrogens with one attached hydrogen (secondary N) is 1. The van der Waals surface area contributed by atoms with Crippen LogP contribution in [-0.4, -0.2) is 58.4 Å². The van der Waals surface area contributed by atoms with Gasteiger partial charge in [0.1, 0.15) is 5.82 Å². The molecule has 8 heteroatoms. The molecule has 2 aromatic carbocycles. The Morgan fingerprint density at radius 2 is 1.79 bits per heavy atom. The summed E-state index contributed by atoms with van der Waals surface area (Å²) in [6, 6.07) is 9.60. The number of benzene rings is 2. The van der Waals surface area contributed by atoms with Crippen LogP contribution in [0.5, 0.6) is 17.2 Å². The Labute approximate surface area is 169 Å². The van der Waals surface area contributed by atoms with Crippen LogP contribution in [0, 0.1) is 5.82 Å². The zero-order valence-corrected chi connectivity index (χ0v) is 16.7. The molecule has 1 N–H and O–H groups in total. The molecular weight excluding hydrogens is 379 g/mol. The molecule has 1 amide bonds. The van der Waals surface area contributed by atoms with Crippen LogP contribution >= 0.6 is 0 Å². The van der Waals surface area contributed by atoms with E-state index in [-0.39, 0.29) is 24.4 Å². The van der Waals surface area contributed by atoms with E-state index in [2.05, 4.69) is 5.32 Å². The van der Waals surface area contributed by atoms with E-state index in [9.17, 15) is 9.18 Å². The summed E-state index contributed by atoms with van der Waals surface area (Å²) in [4.78, 5) is 14.6. The number of nitrogens with zero attached hydrogens (tertiary/aromatic N) is 1. The van der Waals surface area contributed by atoms with Gasteiger partial charge in [0.05, 0.1) is 40.6 Å². The maximum absolute atomic E-state index is 13.1. The van der Waals surface area contributed by atoms with Crippen molar-refractivity contribution in [2.45, 2.75) is 6.10 Å². The zero-order chi connectivity index (χ0) is 20.8. The second-order valence-electron chi connectivity index (χ2n) is 6.61. The van der Waals surface area contributed by atoms with E-state index in [1.165, 1.54) is 33.5 Å². The van der Waals surface area contributed by atoms with Crippen molar-refractivity contribution in [3.05, 3.63) is 47.8 Å². The third kappa shape index (κ3) is 5.16. The fraction of sp³-hybridized carbons (Fsp3) is 0.381. The zero-order valence-electron chi connectivity index (χ0n) is 16.7. The minimum absolute atomic E-state index is 0.168. The summed E-state index contributed by atoms with van der Waals surface area (Å²) in [5.74, 6) is 0.934. The lowest BCUT2D eigenvalue weighted by molar-refractivity contribution is -0.119. The molecule has 1 atom stereocenters. The van der Waals surface area contributed by atoms with Crippen molar-refractivity contribution in [3.63, 3.8) is 0 Å². The summed E-state index contributed by atoms with van der Waals surface area (Å²) in [5, 5.41) is 2.87. The van der Waals surface area contributed by atoms with Crippen LogP contribution in [0.4, 0.5) is 10.1 Å². The van der Waals surface area contributed by atoms with Gasteiger partial charge < -0.3 is 24.3 Å². The number of hydrogen-bond acceptors (Lipinski definition) is 6. The van der Waals surface area contributed by atoms with E-state index in [1.54, 1.807) is 24.3 Å². The molecular formula is C21H25FN2O5. The van der Waals surface area contributed by atoms with Crippen LogP contribution in [0.1, 0.15) is 11.7 Å². The number of anilines is 1. The number of hydrogen-bond donors (Lipinski definition) is 1. The topological polar surface area (TPSA) is 69.3 Å². The smallest absolute Gasteiger partial charge is 0.238 e. The maximum Gasteiger partial charge on any atom is 0.238 e. The van der Waals surface area contributed by atoms with E-state index < -0.39 is 0 Å². The van der Waals surface area contributed by atoms with Crippen molar-refractivity contribution >= 4 is 11.6 Å². The number of amides is 1. The van der Waals surface area contributed by atoms with E-state index in [4.69, 9.17) is 18.9 Å². The van der Waals surface area contributed by atoms with Crippen molar-refractivity contribution in [1.82, 2.24) is 4.90 Å². The van der Waals surface area contributed by atoms with Gasteiger partial charge in [-0.1, -0.05) is 12.1 Å². The third-order valence-electron chi connectivity index (χ3n) is 4.71. The standard InChI is InChI=1S/C21H25FN2O5/c1-26-17-10-16(11-18(27-2)21(17)28-3)23-20(25)13-24-8-9-29-19(12-24)14-4-6-15(22)7-5-14/h4-7,10-11,19H,8-9,12-13H2,1-3H3,(H,23,25)/t19-/m1/s1. The van der Waals surface area contributed by atoms with Crippen LogP contribution in [0.3, 0.4) is 0 Å². The lowest BCUT2D eigenvalue weighted by Crippen LogP contribution is -2.42. The minimum Gasteiger partial charge on any atom is -0.493 e. The lowest BCUT2D eigenvalue weighted by atomic mass is 10.1. The van der Waals surface area contributed by atoms with Gasteiger partial charge in [-0.15, -0.1) is 0 Å². The summed E-state index contributed by atoms with van der Waals surface area (Å²) >= 11 is 0. The van der Waals surface area contributed by atoms with E-state index in [1.807, 2.05) is 4.90 Å². The van der Waals surface area contributed by atoms with E-state index in [0.717, 1.165) is 5.56 Å². The average molecular weight is 404 g/mol. The molecule has 3 rings (SSSR count). The van der Waals surface area contributed by atoms with Gasteiger partial charge in [-0.3, -0.25) is 9.69 Å². The normalized spacial score (nSPS) is 16.9. The van der Waals surface area contributed by atoms with Crippen molar-refractivity contribution in [1.29, 1.82) is 0 Å².